The van der Waals surface area contributed by atoms with E-state index in [9.17, 15) is 14.4 Å². The molecule has 1 saturated heterocycles. The molecular weight excluding hydrogens is 312 g/mol. The molecule has 0 aromatic heterocycles. The first-order valence-electron chi connectivity index (χ1n) is 7.76. The van der Waals surface area contributed by atoms with Crippen LogP contribution < -0.4 is 5.32 Å². The SMILES string of the molecule is COC(=O)c1ccc(C(=O)OC)c(NC(=O)C2CCN(C)CC2)c1. The number of carbonyl (C=O) groups excluding carboxylic acids is 3. The maximum absolute atomic E-state index is 12.5. The first-order valence-corrected chi connectivity index (χ1v) is 7.76. The van der Waals surface area contributed by atoms with Crippen LogP contribution in [0.2, 0.25) is 0 Å². The molecule has 1 N–H and O–H groups in total. The Morgan fingerprint density at radius 2 is 1.71 bits per heavy atom. The van der Waals surface area contributed by atoms with Gasteiger partial charge in [-0.25, -0.2) is 9.59 Å². The lowest BCUT2D eigenvalue weighted by molar-refractivity contribution is -0.121. The standard InChI is InChI=1S/C17H22N2O5/c1-19-8-6-11(7-9-19)15(20)18-14-10-12(16(21)23-2)4-5-13(14)17(22)24-3/h4-5,10-11H,6-9H2,1-3H3,(H,18,20). The van der Waals surface area contributed by atoms with Crippen molar-refractivity contribution in [1.29, 1.82) is 0 Å². The van der Waals surface area contributed by atoms with Gasteiger partial charge in [0.25, 0.3) is 0 Å². The first-order chi connectivity index (χ1) is 11.5. The number of anilines is 1. The van der Waals surface area contributed by atoms with Crippen LogP contribution in [0.15, 0.2) is 18.2 Å². The van der Waals surface area contributed by atoms with Crippen molar-refractivity contribution in [2.45, 2.75) is 12.8 Å². The molecule has 7 heteroatoms. The Morgan fingerprint density at radius 1 is 1.08 bits per heavy atom. The van der Waals surface area contributed by atoms with E-state index in [1.54, 1.807) is 0 Å². The third-order valence-corrected chi connectivity index (χ3v) is 4.19. The maximum atomic E-state index is 12.5. The summed E-state index contributed by atoms with van der Waals surface area (Å²) < 4.78 is 9.41. The molecule has 0 saturated carbocycles. The highest BCUT2D eigenvalue weighted by molar-refractivity contribution is 6.04. The molecule has 0 atom stereocenters. The van der Waals surface area contributed by atoms with Gasteiger partial charge < -0.3 is 19.7 Å². The van der Waals surface area contributed by atoms with Crippen LogP contribution in [0.3, 0.4) is 0 Å². The van der Waals surface area contributed by atoms with Crippen LogP contribution in [0.1, 0.15) is 33.6 Å². The van der Waals surface area contributed by atoms with Gasteiger partial charge in [-0.15, -0.1) is 0 Å². The van der Waals surface area contributed by atoms with Gasteiger partial charge in [0.05, 0.1) is 31.0 Å². The molecule has 1 fully saturated rings. The number of hydrogen-bond acceptors (Lipinski definition) is 6. The average molecular weight is 334 g/mol. The van der Waals surface area contributed by atoms with Crippen molar-refractivity contribution < 1.29 is 23.9 Å². The number of methoxy groups -OCH3 is 2. The highest BCUT2D eigenvalue weighted by Gasteiger charge is 2.25. The Hall–Kier alpha value is -2.41. The Bertz CT molecular complexity index is 636. The lowest BCUT2D eigenvalue weighted by Gasteiger charge is -2.28. The molecule has 130 valence electrons. The molecule has 0 radical (unpaired) electrons. The molecule has 0 spiro atoms. The van der Waals surface area contributed by atoms with Crippen LogP contribution in [0.25, 0.3) is 0 Å². The zero-order valence-electron chi connectivity index (χ0n) is 14.1. The van der Waals surface area contributed by atoms with Crippen LogP contribution in [-0.2, 0) is 14.3 Å². The number of carbonyl (C=O) groups is 3. The molecule has 1 aliphatic rings. The monoisotopic (exact) mass is 334 g/mol. The Morgan fingerprint density at radius 3 is 2.29 bits per heavy atom. The highest BCUT2D eigenvalue weighted by atomic mass is 16.5. The summed E-state index contributed by atoms with van der Waals surface area (Å²) in [7, 11) is 4.55. The van der Waals surface area contributed by atoms with Gasteiger partial charge in [-0.3, -0.25) is 4.79 Å². The third-order valence-electron chi connectivity index (χ3n) is 4.19. The molecule has 1 aromatic rings. The smallest absolute Gasteiger partial charge is 0.339 e. The van der Waals surface area contributed by atoms with E-state index >= 15 is 0 Å². The molecule has 1 aliphatic heterocycles. The second-order valence-corrected chi connectivity index (χ2v) is 5.81. The summed E-state index contributed by atoms with van der Waals surface area (Å²) in [5.74, 6) is -1.39. The van der Waals surface area contributed by atoms with Crippen molar-refractivity contribution in [3.63, 3.8) is 0 Å². The molecule has 7 nitrogen and oxygen atoms in total. The number of nitrogens with one attached hydrogen (secondary N) is 1. The first kappa shape index (κ1) is 17.9. The average Bonchev–Trinajstić information content (AvgIpc) is 2.60. The van der Waals surface area contributed by atoms with E-state index in [4.69, 9.17) is 4.74 Å². The van der Waals surface area contributed by atoms with Crippen LogP contribution in [0.5, 0.6) is 0 Å². The molecule has 0 bridgehead atoms. The fourth-order valence-electron chi connectivity index (χ4n) is 2.69. The normalized spacial score (nSPS) is 15.6. The maximum Gasteiger partial charge on any atom is 0.339 e. The van der Waals surface area contributed by atoms with Crippen LogP contribution in [0, 0.1) is 5.92 Å². The second-order valence-electron chi connectivity index (χ2n) is 5.81. The molecule has 1 aromatic carbocycles. The second kappa shape index (κ2) is 7.92. The lowest BCUT2D eigenvalue weighted by Crippen LogP contribution is -2.36. The van der Waals surface area contributed by atoms with Gasteiger partial charge in [-0.05, 0) is 51.2 Å². The van der Waals surface area contributed by atoms with Gasteiger partial charge in [0.1, 0.15) is 0 Å². The number of rotatable bonds is 4. The zero-order chi connectivity index (χ0) is 17.7. The van der Waals surface area contributed by atoms with Gasteiger partial charge >= 0.3 is 11.9 Å². The van der Waals surface area contributed by atoms with E-state index in [-0.39, 0.29) is 28.6 Å². The minimum absolute atomic E-state index is 0.117. The van der Waals surface area contributed by atoms with E-state index in [1.807, 2.05) is 7.05 Å². The number of benzene rings is 1. The Balaban J connectivity index is 2.23. The summed E-state index contributed by atoms with van der Waals surface area (Å²) >= 11 is 0. The molecule has 0 aliphatic carbocycles. The summed E-state index contributed by atoms with van der Waals surface area (Å²) in [6, 6.07) is 4.34. The van der Waals surface area contributed by atoms with Crippen molar-refractivity contribution in [2.24, 2.45) is 5.92 Å². The summed E-state index contributed by atoms with van der Waals surface area (Å²) in [5, 5.41) is 2.76. The molecule has 0 unspecified atom stereocenters. The fraction of sp³-hybridized carbons (Fsp3) is 0.471. The van der Waals surface area contributed by atoms with Gasteiger partial charge in [0.2, 0.25) is 5.91 Å². The largest absolute Gasteiger partial charge is 0.465 e. The summed E-state index contributed by atoms with van der Waals surface area (Å²) in [4.78, 5) is 38.2. The summed E-state index contributed by atoms with van der Waals surface area (Å²) in [5.41, 5.74) is 0.712. The van der Waals surface area contributed by atoms with Crippen LogP contribution in [0.4, 0.5) is 5.69 Å². The van der Waals surface area contributed by atoms with Gasteiger partial charge in [-0.1, -0.05) is 0 Å². The molecule has 2 rings (SSSR count). The zero-order valence-corrected chi connectivity index (χ0v) is 14.1. The minimum Gasteiger partial charge on any atom is -0.465 e. The van der Waals surface area contributed by atoms with Gasteiger partial charge in [0, 0.05) is 5.92 Å². The molecule has 1 amide bonds. The van der Waals surface area contributed by atoms with Crippen molar-refractivity contribution in [2.75, 3.05) is 39.7 Å². The van der Waals surface area contributed by atoms with E-state index in [0.29, 0.717) is 0 Å². The number of nitrogens with zero attached hydrogens (tertiary/aromatic N) is 1. The highest BCUT2D eigenvalue weighted by Crippen LogP contribution is 2.23. The molecule has 1 heterocycles. The van der Waals surface area contributed by atoms with Gasteiger partial charge in [0.15, 0.2) is 0 Å². The number of amides is 1. The molecule has 24 heavy (non-hydrogen) atoms. The predicted octanol–water partition coefficient (Wildman–Crippen LogP) is 1.54. The lowest BCUT2D eigenvalue weighted by atomic mass is 9.96. The number of esters is 2. The summed E-state index contributed by atoms with van der Waals surface area (Å²) in [6.45, 7) is 1.70. The summed E-state index contributed by atoms with van der Waals surface area (Å²) in [6.07, 6.45) is 1.51. The minimum atomic E-state index is -0.579. The number of likely N-dealkylation sites (tertiary alicyclic amines) is 1. The van der Waals surface area contributed by atoms with E-state index < -0.39 is 11.9 Å². The van der Waals surface area contributed by atoms with Crippen molar-refractivity contribution in [3.05, 3.63) is 29.3 Å². The van der Waals surface area contributed by atoms with E-state index in [1.165, 1.54) is 32.4 Å². The number of hydrogen-bond donors (Lipinski definition) is 1. The number of ether oxygens (including phenoxy) is 2. The van der Waals surface area contributed by atoms with Crippen molar-refractivity contribution in [3.8, 4) is 0 Å². The van der Waals surface area contributed by atoms with Crippen molar-refractivity contribution >= 4 is 23.5 Å². The number of piperidine rings is 1. The quantitative estimate of drug-likeness (QED) is 0.841. The fourth-order valence-corrected chi connectivity index (χ4v) is 2.69. The van der Waals surface area contributed by atoms with E-state index in [0.717, 1.165) is 25.9 Å². The van der Waals surface area contributed by atoms with Crippen LogP contribution in [-0.4, -0.2) is 57.1 Å². The van der Waals surface area contributed by atoms with Crippen molar-refractivity contribution in [1.82, 2.24) is 4.90 Å². The Kier molecular flexibility index (Phi) is 5.92. The predicted molar refractivity (Wildman–Crippen MR) is 88.0 cm³/mol. The topological polar surface area (TPSA) is 84.9 Å². The Labute approximate surface area is 140 Å². The van der Waals surface area contributed by atoms with Crippen LogP contribution >= 0.6 is 0 Å². The molecular formula is C17H22N2O5. The third kappa shape index (κ3) is 4.11. The van der Waals surface area contributed by atoms with E-state index in [2.05, 4.69) is 15.0 Å². The van der Waals surface area contributed by atoms with Gasteiger partial charge in [-0.2, -0.15) is 0 Å².